The van der Waals surface area contributed by atoms with E-state index in [9.17, 15) is 5.11 Å². The number of pyridine rings is 1. The fourth-order valence-corrected chi connectivity index (χ4v) is 4.90. The normalized spacial score (nSPS) is 20.5. The molecule has 0 amide bonds. The molecule has 4 aromatic rings. The van der Waals surface area contributed by atoms with Gasteiger partial charge in [0.05, 0.1) is 11.2 Å². The molecule has 32 heavy (non-hydrogen) atoms. The van der Waals surface area contributed by atoms with Gasteiger partial charge in [0, 0.05) is 35.9 Å². The van der Waals surface area contributed by atoms with Crippen LogP contribution >= 0.6 is 0 Å². The Labute approximate surface area is 186 Å². The Morgan fingerprint density at radius 2 is 1.97 bits per heavy atom. The molecule has 3 aromatic heterocycles. The van der Waals surface area contributed by atoms with Crippen LogP contribution in [0.4, 0.5) is 5.82 Å². The van der Waals surface area contributed by atoms with Crippen molar-refractivity contribution in [1.82, 2.24) is 19.4 Å². The lowest BCUT2D eigenvalue weighted by Crippen LogP contribution is -2.26. The first-order valence-corrected chi connectivity index (χ1v) is 11.2. The highest BCUT2D eigenvalue weighted by Crippen LogP contribution is 2.43. The Morgan fingerprint density at radius 3 is 2.78 bits per heavy atom. The number of aliphatic hydroxyl groups excluding tert-OH is 1. The largest absolute Gasteiger partial charge is 0.396 e. The van der Waals surface area contributed by atoms with E-state index in [0.717, 1.165) is 64.9 Å². The molecule has 6 nitrogen and oxygen atoms in total. The second-order valence-electron chi connectivity index (χ2n) is 8.81. The van der Waals surface area contributed by atoms with E-state index in [1.54, 1.807) is 6.20 Å². The molecule has 6 heteroatoms. The molecule has 160 valence electrons. The Bertz CT molecular complexity index is 1390. The van der Waals surface area contributed by atoms with Crippen molar-refractivity contribution in [2.24, 2.45) is 5.92 Å². The minimum absolute atomic E-state index is 0.237. The quantitative estimate of drug-likeness (QED) is 0.495. The molecule has 3 N–H and O–H groups in total. The van der Waals surface area contributed by atoms with Gasteiger partial charge in [-0.2, -0.15) is 0 Å². The molecule has 0 bridgehead atoms. The van der Waals surface area contributed by atoms with Crippen molar-refractivity contribution in [3.63, 3.8) is 0 Å². The summed E-state index contributed by atoms with van der Waals surface area (Å²) in [6.45, 7) is 0.237. The highest BCUT2D eigenvalue weighted by molar-refractivity contribution is 5.91. The average molecular weight is 424 g/mol. The van der Waals surface area contributed by atoms with Crippen LogP contribution in [0.25, 0.3) is 33.3 Å². The molecular weight excluding hydrogens is 398 g/mol. The van der Waals surface area contributed by atoms with E-state index in [-0.39, 0.29) is 6.61 Å². The minimum atomic E-state index is 0.237. The molecule has 6 rings (SSSR count). The maximum atomic E-state index is 9.44. The van der Waals surface area contributed by atoms with E-state index < -0.39 is 0 Å². The molecule has 0 aliphatic heterocycles. The number of nitrogens with zero attached hydrogens (tertiary/aromatic N) is 4. The van der Waals surface area contributed by atoms with E-state index in [2.05, 4.69) is 57.9 Å². The summed E-state index contributed by atoms with van der Waals surface area (Å²) >= 11 is 0. The van der Waals surface area contributed by atoms with Gasteiger partial charge in [-0.05, 0) is 49.3 Å². The lowest BCUT2D eigenvalue weighted by Gasteiger charge is -2.32. The van der Waals surface area contributed by atoms with Crippen LogP contribution < -0.4 is 5.73 Å². The summed E-state index contributed by atoms with van der Waals surface area (Å²) in [5.74, 6) is 2.15. The topological polar surface area (TPSA) is 89.3 Å². The maximum Gasteiger partial charge on any atom is 0.150 e. The van der Waals surface area contributed by atoms with Gasteiger partial charge in [-0.1, -0.05) is 36.4 Å². The fraction of sp³-hybridized carbons (Fsp3) is 0.269. The van der Waals surface area contributed by atoms with Crippen molar-refractivity contribution in [3.8, 4) is 11.3 Å². The van der Waals surface area contributed by atoms with Crippen molar-refractivity contribution >= 4 is 27.8 Å². The van der Waals surface area contributed by atoms with Gasteiger partial charge in [0.2, 0.25) is 0 Å². The number of nitrogens with two attached hydrogens (primary N) is 1. The van der Waals surface area contributed by atoms with Crippen LogP contribution in [0.3, 0.4) is 0 Å². The lowest BCUT2D eigenvalue weighted by molar-refractivity contribution is 0.138. The Hall–Kier alpha value is -3.51. The van der Waals surface area contributed by atoms with Gasteiger partial charge in [0.1, 0.15) is 22.9 Å². The molecule has 0 radical (unpaired) electrons. The summed E-state index contributed by atoms with van der Waals surface area (Å²) in [6, 6.07) is 10.5. The van der Waals surface area contributed by atoms with E-state index in [1.165, 1.54) is 5.57 Å². The van der Waals surface area contributed by atoms with Crippen LogP contribution in [-0.4, -0.2) is 31.1 Å². The van der Waals surface area contributed by atoms with Crippen LogP contribution in [-0.2, 0) is 0 Å². The average Bonchev–Trinajstić information content (AvgIpc) is 3.19. The van der Waals surface area contributed by atoms with Crippen LogP contribution in [0.15, 0.2) is 61.0 Å². The third-order valence-corrected chi connectivity index (χ3v) is 6.73. The number of hydrogen-bond acceptors (Lipinski definition) is 5. The molecule has 0 atom stereocenters. The molecule has 3 heterocycles. The number of nitrogen functional groups attached to an aromatic ring is 1. The number of rotatable bonds is 4. The van der Waals surface area contributed by atoms with Gasteiger partial charge >= 0.3 is 0 Å². The van der Waals surface area contributed by atoms with Gasteiger partial charge in [-0.25, -0.2) is 15.0 Å². The van der Waals surface area contributed by atoms with Gasteiger partial charge in [-0.3, -0.25) is 4.40 Å². The summed E-state index contributed by atoms with van der Waals surface area (Å²) < 4.78 is 2.07. The number of fused-ring (bicyclic) bond motifs is 2. The van der Waals surface area contributed by atoms with Crippen molar-refractivity contribution in [2.45, 2.75) is 31.6 Å². The van der Waals surface area contributed by atoms with E-state index in [4.69, 9.17) is 15.7 Å². The third kappa shape index (κ3) is 3.10. The maximum absolute atomic E-state index is 9.44. The zero-order valence-electron chi connectivity index (χ0n) is 17.8. The predicted molar refractivity (Wildman–Crippen MR) is 127 cm³/mol. The van der Waals surface area contributed by atoms with Crippen molar-refractivity contribution in [3.05, 3.63) is 72.5 Å². The van der Waals surface area contributed by atoms with Crippen LogP contribution in [0.5, 0.6) is 0 Å². The summed E-state index contributed by atoms with van der Waals surface area (Å²) in [5.41, 5.74) is 12.1. The molecule has 0 saturated heterocycles. The fourth-order valence-electron chi connectivity index (χ4n) is 4.90. The van der Waals surface area contributed by atoms with E-state index in [1.807, 2.05) is 6.20 Å². The summed E-state index contributed by atoms with van der Waals surface area (Å²) in [7, 11) is 0. The molecule has 2 aliphatic rings. The van der Waals surface area contributed by atoms with Crippen molar-refractivity contribution in [1.29, 1.82) is 0 Å². The number of allylic oxidation sites excluding steroid dienone is 4. The summed E-state index contributed by atoms with van der Waals surface area (Å²) in [6.07, 6.45) is 14.3. The van der Waals surface area contributed by atoms with Gasteiger partial charge in [0.25, 0.3) is 0 Å². The highest BCUT2D eigenvalue weighted by atomic mass is 16.3. The molecule has 0 unspecified atom stereocenters. The number of hydrogen-bond donors (Lipinski definition) is 2. The highest BCUT2D eigenvalue weighted by Gasteiger charge is 2.33. The first kappa shape index (κ1) is 19.2. The zero-order chi connectivity index (χ0) is 21.7. The SMILES string of the molecule is Nc1nccn2c(C3CC(CO)C3)nc(-c3ccc4ccc(C5=CCCC=C5)nc4c3)c12. The molecule has 1 fully saturated rings. The smallest absolute Gasteiger partial charge is 0.150 e. The van der Waals surface area contributed by atoms with Crippen LogP contribution in [0.2, 0.25) is 0 Å². The second kappa shape index (κ2) is 7.57. The monoisotopic (exact) mass is 423 g/mol. The Balaban J connectivity index is 1.47. The summed E-state index contributed by atoms with van der Waals surface area (Å²) in [5, 5.41) is 10.5. The standard InChI is InChI=1S/C26H25N5O/c27-25-24-23(30-26(31(24)11-10-28-25)20-12-16(13-20)15-32)19-7-6-18-8-9-21(29-22(18)14-19)17-4-2-1-3-5-17/h2,4-11,14,16,20,32H,1,3,12-13,15H2,(H2,27,28). The Morgan fingerprint density at radius 1 is 1.09 bits per heavy atom. The molecular formula is C26H25N5O. The third-order valence-electron chi connectivity index (χ3n) is 6.73. The Kier molecular flexibility index (Phi) is 4.54. The van der Waals surface area contributed by atoms with Gasteiger partial charge < -0.3 is 10.8 Å². The van der Waals surface area contributed by atoms with Crippen LogP contribution in [0.1, 0.15) is 43.1 Å². The number of aliphatic hydroxyl groups is 1. The second-order valence-corrected chi connectivity index (χ2v) is 8.81. The predicted octanol–water partition coefficient (Wildman–Crippen LogP) is 4.75. The van der Waals surface area contributed by atoms with E-state index >= 15 is 0 Å². The number of aromatic nitrogens is 4. The number of anilines is 1. The van der Waals surface area contributed by atoms with Crippen molar-refractivity contribution in [2.75, 3.05) is 12.3 Å². The first-order chi connectivity index (χ1) is 15.7. The van der Waals surface area contributed by atoms with Gasteiger partial charge in [-0.15, -0.1) is 0 Å². The molecule has 0 spiro atoms. The van der Waals surface area contributed by atoms with Crippen LogP contribution in [0, 0.1) is 5.92 Å². The number of imidazole rings is 1. The first-order valence-electron chi connectivity index (χ1n) is 11.2. The van der Waals surface area contributed by atoms with Gasteiger partial charge in [0.15, 0.2) is 0 Å². The molecule has 1 saturated carbocycles. The summed E-state index contributed by atoms with van der Waals surface area (Å²) in [4.78, 5) is 14.3. The zero-order valence-corrected chi connectivity index (χ0v) is 17.8. The van der Waals surface area contributed by atoms with Crippen molar-refractivity contribution < 1.29 is 5.11 Å². The molecule has 2 aliphatic carbocycles. The number of benzene rings is 1. The van der Waals surface area contributed by atoms with E-state index in [0.29, 0.717) is 17.7 Å². The minimum Gasteiger partial charge on any atom is -0.396 e. The lowest BCUT2D eigenvalue weighted by atomic mass is 9.75. The molecule has 1 aromatic carbocycles.